The molecule has 1 atom stereocenters. The third-order valence-electron chi connectivity index (χ3n) is 3.00. The molecule has 0 amide bonds. The molecule has 0 aliphatic heterocycles. The van der Waals surface area contributed by atoms with Crippen LogP contribution in [0.2, 0.25) is 0 Å². The monoisotopic (exact) mass is 320 g/mol. The first-order valence-electron chi connectivity index (χ1n) is 6.20. The number of nitrogens with two attached hydrogens (primary N) is 1. The van der Waals surface area contributed by atoms with E-state index in [1.165, 1.54) is 0 Å². The number of hydrogen-bond acceptors (Lipinski definition) is 4. The Labute approximate surface area is 121 Å². The van der Waals surface area contributed by atoms with Gasteiger partial charge in [0.1, 0.15) is 5.82 Å². The fourth-order valence-electron chi connectivity index (χ4n) is 2.12. The van der Waals surface area contributed by atoms with Crippen molar-refractivity contribution in [3.05, 3.63) is 51.9 Å². The fourth-order valence-corrected chi connectivity index (χ4v) is 2.60. The second-order valence-electron chi connectivity index (χ2n) is 4.29. The molecule has 0 aliphatic carbocycles. The lowest BCUT2D eigenvalue weighted by atomic mass is 9.99. The van der Waals surface area contributed by atoms with Gasteiger partial charge in [0.15, 0.2) is 0 Å². The highest BCUT2D eigenvalue weighted by Gasteiger charge is 2.21. The number of hydrogen-bond donors (Lipinski definition) is 2. The van der Waals surface area contributed by atoms with Crippen molar-refractivity contribution in [3.8, 4) is 0 Å². The average molecular weight is 321 g/mol. The number of rotatable bonds is 4. The van der Waals surface area contributed by atoms with Crippen LogP contribution in [0.1, 0.15) is 29.8 Å². The Kier molecular flexibility index (Phi) is 4.50. The summed E-state index contributed by atoms with van der Waals surface area (Å²) in [7, 11) is 0. The second kappa shape index (κ2) is 6.12. The van der Waals surface area contributed by atoms with Gasteiger partial charge in [0.2, 0.25) is 0 Å². The molecular weight excluding hydrogens is 304 g/mol. The van der Waals surface area contributed by atoms with Crippen molar-refractivity contribution < 1.29 is 0 Å². The van der Waals surface area contributed by atoms with E-state index in [0.717, 1.165) is 27.8 Å². The molecule has 100 valence electrons. The molecule has 2 rings (SSSR count). The Hall–Kier alpha value is -1.46. The molecule has 2 heterocycles. The zero-order chi connectivity index (χ0) is 13.8. The Morgan fingerprint density at radius 1 is 1.32 bits per heavy atom. The number of halogens is 1. The van der Waals surface area contributed by atoms with Crippen LogP contribution < -0.4 is 11.1 Å². The van der Waals surface area contributed by atoms with E-state index in [4.69, 9.17) is 5.73 Å². The first-order chi connectivity index (χ1) is 9.15. The molecule has 0 aliphatic rings. The predicted molar refractivity (Wildman–Crippen MR) is 80.8 cm³/mol. The van der Waals surface area contributed by atoms with Gasteiger partial charge >= 0.3 is 0 Å². The molecular formula is C14H17BrN4. The summed E-state index contributed by atoms with van der Waals surface area (Å²) in [6, 6.07) is 5.78. The van der Waals surface area contributed by atoms with Gasteiger partial charge in [-0.25, -0.2) is 4.98 Å². The van der Waals surface area contributed by atoms with Gasteiger partial charge in [-0.2, -0.15) is 0 Å². The number of aryl methyl sites for hydroxylation is 1. The molecule has 0 saturated carbocycles. The topological polar surface area (TPSA) is 63.8 Å². The quantitative estimate of drug-likeness (QED) is 0.909. The highest BCUT2D eigenvalue weighted by molar-refractivity contribution is 9.10. The van der Waals surface area contributed by atoms with Gasteiger partial charge in [0.05, 0.1) is 11.7 Å². The summed E-state index contributed by atoms with van der Waals surface area (Å²) in [5, 5.41) is 3.43. The summed E-state index contributed by atoms with van der Waals surface area (Å²) in [5.74, 6) is 0.545. The van der Waals surface area contributed by atoms with Crippen LogP contribution in [0.15, 0.2) is 35.1 Å². The molecule has 0 saturated heterocycles. The molecule has 0 bridgehead atoms. The van der Waals surface area contributed by atoms with Crippen molar-refractivity contribution in [1.82, 2.24) is 15.3 Å². The summed E-state index contributed by atoms with van der Waals surface area (Å²) < 4.78 is 0.962. The van der Waals surface area contributed by atoms with Crippen molar-refractivity contribution in [2.24, 2.45) is 0 Å². The minimum absolute atomic E-state index is 0.0609. The normalized spacial score (nSPS) is 12.4. The van der Waals surface area contributed by atoms with E-state index in [-0.39, 0.29) is 6.04 Å². The molecule has 0 radical (unpaired) electrons. The number of nitrogen functional groups attached to an aromatic ring is 1. The number of nitrogens with one attached hydrogen (secondary N) is 1. The number of anilines is 1. The number of pyridine rings is 2. The van der Waals surface area contributed by atoms with Crippen LogP contribution in [0.4, 0.5) is 5.82 Å². The van der Waals surface area contributed by atoms with Gasteiger partial charge in [-0.05, 0) is 53.2 Å². The standard InChI is InChI=1S/C14H17BrN4/c1-3-17-13(12-10(15)5-4-7-18-12)11-9(2)6-8-19-14(11)16/h4-8,13,17H,3H2,1-2H3,(H2,16,19). The minimum atomic E-state index is -0.0609. The van der Waals surface area contributed by atoms with Crippen molar-refractivity contribution in [2.75, 3.05) is 12.3 Å². The molecule has 3 N–H and O–H groups in total. The molecule has 2 aromatic heterocycles. The van der Waals surface area contributed by atoms with Crippen LogP contribution in [-0.4, -0.2) is 16.5 Å². The van der Waals surface area contributed by atoms with Gasteiger partial charge in [-0.15, -0.1) is 0 Å². The summed E-state index contributed by atoms with van der Waals surface area (Å²) in [6.07, 6.45) is 3.51. The van der Waals surface area contributed by atoms with E-state index in [1.807, 2.05) is 25.1 Å². The zero-order valence-electron chi connectivity index (χ0n) is 11.0. The SMILES string of the molecule is CCNC(c1ncccc1Br)c1c(C)ccnc1N. The number of nitrogens with zero attached hydrogens (tertiary/aromatic N) is 2. The van der Waals surface area contributed by atoms with Crippen LogP contribution in [-0.2, 0) is 0 Å². The Morgan fingerprint density at radius 2 is 2.11 bits per heavy atom. The van der Waals surface area contributed by atoms with Crippen LogP contribution in [0, 0.1) is 6.92 Å². The molecule has 0 aromatic carbocycles. The maximum Gasteiger partial charge on any atom is 0.128 e. The van der Waals surface area contributed by atoms with Crippen molar-refractivity contribution in [1.29, 1.82) is 0 Å². The largest absolute Gasteiger partial charge is 0.383 e. The Balaban J connectivity index is 2.55. The van der Waals surface area contributed by atoms with E-state index in [2.05, 4.69) is 38.1 Å². The highest BCUT2D eigenvalue weighted by Crippen LogP contribution is 2.31. The minimum Gasteiger partial charge on any atom is -0.383 e. The Bertz CT molecular complexity index is 551. The second-order valence-corrected chi connectivity index (χ2v) is 5.14. The van der Waals surface area contributed by atoms with Gasteiger partial charge in [-0.3, -0.25) is 4.98 Å². The van der Waals surface area contributed by atoms with E-state index in [0.29, 0.717) is 5.82 Å². The predicted octanol–water partition coefficient (Wildman–Crippen LogP) is 2.83. The van der Waals surface area contributed by atoms with Gasteiger partial charge in [0.25, 0.3) is 0 Å². The maximum absolute atomic E-state index is 6.05. The van der Waals surface area contributed by atoms with Crippen LogP contribution in [0.5, 0.6) is 0 Å². The molecule has 1 unspecified atom stereocenters. The zero-order valence-corrected chi connectivity index (χ0v) is 12.6. The molecule has 5 heteroatoms. The first-order valence-corrected chi connectivity index (χ1v) is 6.99. The average Bonchev–Trinajstić information content (AvgIpc) is 2.38. The summed E-state index contributed by atoms with van der Waals surface area (Å²) >= 11 is 3.55. The van der Waals surface area contributed by atoms with Crippen LogP contribution >= 0.6 is 15.9 Å². The van der Waals surface area contributed by atoms with Crippen molar-refractivity contribution >= 4 is 21.7 Å². The Morgan fingerprint density at radius 3 is 2.74 bits per heavy atom. The van der Waals surface area contributed by atoms with E-state index >= 15 is 0 Å². The molecule has 2 aromatic rings. The van der Waals surface area contributed by atoms with Gasteiger partial charge < -0.3 is 11.1 Å². The first kappa shape index (κ1) is 14.0. The van der Waals surface area contributed by atoms with Crippen LogP contribution in [0.25, 0.3) is 0 Å². The highest BCUT2D eigenvalue weighted by atomic mass is 79.9. The van der Waals surface area contributed by atoms with E-state index in [1.54, 1.807) is 12.4 Å². The summed E-state index contributed by atoms with van der Waals surface area (Å²) in [5.41, 5.74) is 9.07. The van der Waals surface area contributed by atoms with E-state index < -0.39 is 0 Å². The maximum atomic E-state index is 6.05. The molecule has 4 nitrogen and oxygen atoms in total. The van der Waals surface area contributed by atoms with Gasteiger partial charge in [-0.1, -0.05) is 6.92 Å². The lowest BCUT2D eigenvalue weighted by Gasteiger charge is -2.21. The van der Waals surface area contributed by atoms with Crippen LogP contribution in [0.3, 0.4) is 0 Å². The van der Waals surface area contributed by atoms with Crippen molar-refractivity contribution in [3.63, 3.8) is 0 Å². The molecule has 0 spiro atoms. The third kappa shape index (κ3) is 2.93. The molecule has 19 heavy (non-hydrogen) atoms. The van der Waals surface area contributed by atoms with Gasteiger partial charge in [0, 0.05) is 22.4 Å². The number of aromatic nitrogens is 2. The fraction of sp³-hybridized carbons (Fsp3) is 0.286. The summed E-state index contributed by atoms with van der Waals surface area (Å²) in [4.78, 5) is 8.66. The smallest absolute Gasteiger partial charge is 0.128 e. The third-order valence-corrected chi connectivity index (χ3v) is 3.67. The van der Waals surface area contributed by atoms with Crippen molar-refractivity contribution in [2.45, 2.75) is 19.9 Å². The lowest BCUT2D eigenvalue weighted by Crippen LogP contribution is -2.25. The lowest BCUT2D eigenvalue weighted by molar-refractivity contribution is 0.610. The van der Waals surface area contributed by atoms with E-state index in [9.17, 15) is 0 Å². The summed E-state index contributed by atoms with van der Waals surface area (Å²) in [6.45, 7) is 4.92. The molecule has 0 fully saturated rings.